The van der Waals surface area contributed by atoms with Crippen molar-refractivity contribution in [2.45, 2.75) is 32.2 Å². The van der Waals surface area contributed by atoms with E-state index >= 15 is 0 Å². The van der Waals surface area contributed by atoms with Gasteiger partial charge in [0.15, 0.2) is 5.75 Å². The Morgan fingerprint density at radius 3 is 2.47 bits per heavy atom. The molecule has 1 saturated heterocycles. The second-order valence-electron chi connectivity index (χ2n) is 4.60. The summed E-state index contributed by atoms with van der Waals surface area (Å²) in [7, 11) is 0. The molecule has 0 radical (unpaired) electrons. The van der Waals surface area contributed by atoms with Crippen LogP contribution < -0.4 is 4.74 Å². The molecule has 3 nitrogen and oxygen atoms in total. The minimum atomic E-state index is -0.418. The van der Waals surface area contributed by atoms with Crippen LogP contribution in [0.4, 0.5) is 4.79 Å². The third-order valence-corrected chi connectivity index (χ3v) is 3.97. The van der Waals surface area contributed by atoms with Crippen LogP contribution in [0.5, 0.6) is 5.75 Å². The zero-order chi connectivity index (χ0) is 14.0. The van der Waals surface area contributed by atoms with Gasteiger partial charge in [-0.2, -0.15) is 0 Å². The van der Waals surface area contributed by atoms with Crippen molar-refractivity contribution in [3.05, 3.63) is 27.2 Å². The van der Waals surface area contributed by atoms with Gasteiger partial charge in [0.05, 0.1) is 10.0 Å². The van der Waals surface area contributed by atoms with Gasteiger partial charge in [-0.3, -0.25) is 0 Å². The lowest BCUT2D eigenvalue weighted by Crippen LogP contribution is -2.43. The first kappa shape index (κ1) is 14.8. The molecule has 19 heavy (non-hydrogen) atoms. The van der Waals surface area contributed by atoms with E-state index in [4.69, 9.17) is 39.5 Å². The molecule has 0 saturated carbocycles. The number of hydrogen-bond acceptors (Lipinski definition) is 2. The lowest BCUT2D eigenvalue weighted by atomic mass is 10.0. The molecule has 1 unspecified atom stereocenters. The van der Waals surface area contributed by atoms with E-state index in [0.717, 1.165) is 19.3 Å². The smallest absolute Gasteiger partial charge is 0.407 e. The Morgan fingerprint density at radius 1 is 1.26 bits per heavy atom. The third kappa shape index (κ3) is 3.47. The highest BCUT2D eigenvalue weighted by Gasteiger charge is 2.26. The van der Waals surface area contributed by atoms with Gasteiger partial charge in [-0.15, -0.1) is 0 Å². The van der Waals surface area contributed by atoms with Gasteiger partial charge in [0.2, 0.25) is 0 Å². The number of hydrogen-bond donors (Lipinski definition) is 0. The summed E-state index contributed by atoms with van der Waals surface area (Å²) in [5.74, 6) is 0.163. The fourth-order valence-electron chi connectivity index (χ4n) is 2.14. The summed E-state index contributed by atoms with van der Waals surface area (Å²) < 4.78 is 5.31. The number of carbonyl (C=O) groups is 1. The highest BCUT2D eigenvalue weighted by Crippen LogP contribution is 2.36. The molecule has 6 heteroatoms. The van der Waals surface area contributed by atoms with Crippen LogP contribution in [-0.2, 0) is 0 Å². The number of amides is 1. The van der Waals surface area contributed by atoms with Crippen LogP contribution in [0.1, 0.15) is 26.2 Å². The number of piperidine rings is 1. The highest BCUT2D eigenvalue weighted by molar-refractivity contribution is 6.40. The molecule has 1 aromatic rings. The van der Waals surface area contributed by atoms with E-state index in [0.29, 0.717) is 11.6 Å². The van der Waals surface area contributed by atoms with Crippen molar-refractivity contribution < 1.29 is 9.53 Å². The maximum Gasteiger partial charge on any atom is 0.415 e. The average molecular weight is 323 g/mol. The van der Waals surface area contributed by atoms with Crippen molar-refractivity contribution in [1.29, 1.82) is 0 Å². The molecule has 0 N–H and O–H groups in total. The predicted molar refractivity (Wildman–Crippen MR) is 77.5 cm³/mol. The number of benzene rings is 1. The van der Waals surface area contributed by atoms with Crippen molar-refractivity contribution in [2.75, 3.05) is 6.54 Å². The van der Waals surface area contributed by atoms with Gasteiger partial charge in [0.25, 0.3) is 0 Å². The largest absolute Gasteiger partial charge is 0.415 e. The minimum absolute atomic E-state index is 0.163. The van der Waals surface area contributed by atoms with Crippen LogP contribution in [0.3, 0.4) is 0 Å². The van der Waals surface area contributed by atoms with Crippen molar-refractivity contribution in [1.82, 2.24) is 4.90 Å². The number of nitrogens with zero attached hydrogens (tertiary/aromatic N) is 1. The summed E-state index contributed by atoms with van der Waals surface area (Å²) in [5.41, 5.74) is 0. The lowest BCUT2D eigenvalue weighted by molar-refractivity contribution is 0.118. The molecule has 1 fully saturated rings. The molecule has 0 bridgehead atoms. The number of rotatable bonds is 1. The Morgan fingerprint density at radius 2 is 1.89 bits per heavy atom. The molecule has 1 heterocycles. The van der Waals surface area contributed by atoms with Gasteiger partial charge in [0.1, 0.15) is 0 Å². The standard InChI is InChI=1S/C13H14Cl3NO2/c1-8-4-2-3-5-17(8)13(18)19-12-10(15)6-9(14)7-11(12)16/h6-8H,2-5H2,1H3. The van der Waals surface area contributed by atoms with E-state index in [2.05, 4.69) is 0 Å². The average Bonchev–Trinajstić information content (AvgIpc) is 2.34. The third-order valence-electron chi connectivity index (χ3n) is 3.19. The van der Waals surface area contributed by atoms with E-state index in [1.807, 2.05) is 6.92 Å². The fourth-order valence-corrected chi connectivity index (χ4v) is 3.04. The quantitative estimate of drug-likeness (QED) is 0.726. The van der Waals surface area contributed by atoms with Gasteiger partial charge in [-0.05, 0) is 38.3 Å². The topological polar surface area (TPSA) is 29.5 Å². The van der Waals surface area contributed by atoms with Gasteiger partial charge in [-0.1, -0.05) is 34.8 Å². The second-order valence-corrected chi connectivity index (χ2v) is 5.86. The first-order valence-electron chi connectivity index (χ1n) is 6.12. The summed E-state index contributed by atoms with van der Waals surface area (Å²) in [6.07, 6.45) is 2.69. The summed E-state index contributed by atoms with van der Waals surface area (Å²) >= 11 is 17.8. The van der Waals surface area contributed by atoms with Crippen LogP contribution >= 0.6 is 34.8 Å². The monoisotopic (exact) mass is 321 g/mol. The molecule has 0 spiro atoms. The predicted octanol–water partition coefficient (Wildman–Crippen LogP) is 5.02. The van der Waals surface area contributed by atoms with Crippen molar-refractivity contribution >= 4 is 40.9 Å². The number of carbonyl (C=O) groups excluding carboxylic acids is 1. The molecule has 1 aliphatic heterocycles. The summed E-state index contributed by atoms with van der Waals surface area (Å²) in [5, 5.41) is 0.868. The second kappa shape index (κ2) is 6.21. The number of likely N-dealkylation sites (tertiary alicyclic amines) is 1. The normalized spacial score (nSPS) is 19.4. The van der Waals surface area contributed by atoms with Gasteiger partial charge >= 0.3 is 6.09 Å². The number of ether oxygens (including phenoxy) is 1. The first-order chi connectivity index (χ1) is 8.99. The molecule has 1 aliphatic rings. The van der Waals surface area contributed by atoms with Crippen molar-refractivity contribution in [2.24, 2.45) is 0 Å². The molecular formula is C13H14Cl3NO2. The zero-order valence-electron chi connectivity index (χ0n) is 10.5. The van der Waals surface area contributed by atoms with Crippen LogP contribution in [-0.4, -0.2) is 23.6 Å². The van der Waals surface area contributed by atoms with E-state index in [1.54, 1.807) is 4.90 Å². The molecule has 1 amide bonds. The molecular weight excluding hydrogens is 309 g/mol. The molecule has 2 rings (SSSR count). The molecule has 1 atom stereocenters. The fraction of sp³-hybridized carbons (Fsp3) is 0.462. The highest BCUT2D eigenvalue weighted by atomic mass is 35.5. The summed E-state index contributed by atoms with van der Waals surface area (Å²) in [4.78, 5) is 13.8. The maximum atomic E-state index is 12.1. The van der Waals surface area contributed by atoms with Gasteiger partial charge in [-0.25, -0.2) is 4.79 Å². The summed E-state index contributed by atoms with van der Waals surface area (Å²) in [6.45, 7) is 2.70. The Labute approximate surface area is 127 Å². The zero-order valence-corrected chi connectivity index (χ0v) is 12.7. The lowest BCUT2D eigenvalue weighted by Gasteiger charge is -2.32. The van der Waals surface area contributed by atoms with Crippen molar-refractivity contribution in [3.63, 3.8) is 0 Å². The molecule has 0 aliphatic carbocycles. The minimum Gasteiger partial charge on any atom is -0.407 e. The number of halogens is 3. The van der Waals surface area contributed by atoms with Crippen LogP contribution in [0.15, 0.2) is 12.1 Å². The molecule has 1 aromatic carbocycles. The summed E-state index contributed by atoms with van der Waals surface area (Å²) in [6, 6.07) is 3.17. The van der Waals surface area contributed by atoms with E-state index < -0.39 is 6.09 Å². The van der Waals surface area contributed by atoms with Gasteiger partial charge in [0, 0.05) is 17.6 Å². The molecule has 0 aromatic heterocycles. The maximum absolute atomic E-state index is 12.1. The Balaban J connectivity index is 2.14. The van der Waals surface area contributed by atoms with Gasteiger partial charge < -0.3 is 9.64 Å². The SMILES string of the molecule is CC1CCCCN1C(=O)Oc1c(Cl)cc(Cl)cc1Cl. The van der Waals surface area contributed by atoms with Crippen LogP contribution in [0, 0.1) is 0 Å². The van der Waals surface area contributed by atoms with Crippen LogP contribution in [0.25, 0.3) is 0 Å². The molecule has 104 valence electrons. The van der Waals surface area contributed by atoms with Crippen LogP contribution in [0.2, 0.25) is 15.1 Å². The Kier molecular flexibility index (Phi) is 4.82. The first-order valence-corrected chi connectivity index (χ1v) is 7.25. The van der Waals surface area contributed by atoms with E-state index in [1.165, 1.54) is 12.1 Å². The van der Waals surface area contributed by atoms with Crippen molar-refractivity contribution in [3.8, 4) is 5.75 Å². The Bertz CT molecular complexity index is 470. The Hall–Kier alpha value is -0.640. The van der Waals surface area contributed by atoms with E-state index in [9.17, 15) is 4.79 Å². The van der Waals surface area contributed by atoms with E-state index in [-0.39, 0.29) is 21.8 Å².